The van der Waals surface area contributed by atoms with Crippen LogP contribution in [0.4, 0.5) is 5.95 Å². The number of ether oxygens (including phenoxy) is 1. The van der Waals surface area contributed by atoms with Gasteiger partial charge in [-0.25, -0.2) is 0 Å². The van der Waals surface area contributed by atoms with E-state index in [9.17, 15) is 0 Å². The predicted molar refractivity (Wildman–Crippen MR) is 66.9 cm³/mol. The van der Waals surface area contributed by atoms with Crippen molar-refractivity contribution in [3.8, 4) is 5.88 Å². The Labute approximate surface area is 100 Å². The van der Waals surface area contributed by atoms with Crippen LogP contribution in [0.25, 0.3) is 11.0 Å². The Hall–Kier alpha value is -1.82. The molecular formula is C11H18N4O2. The van der Waals surface area contributed by atoms with Crippen LogP contribution in [0.1, 0.15) is 13.8 Å². The van der Waals surface area contributed by atoms with Gasteiger partial charge in [-0.3, -0.25) is 0 Å². The quantitative estimate of drug-likeness (QED) is 0.831. The van der Waals surface area contributed by atoms with E-state index in [2.05, 4.69) is 9.97 Å². The lowest BCUT2D eigenvalue weighted by atomic mass is 10.4. The molecule has 0 saturated carbocycles. The summed E-state index contributed by atoms with van der Waals surface area (Å²) in [6.45, 7) is 4.14. The molecule has 0 aliphatic carbocycles. The average Bonchev–Trinajstić information content (AvgIpc) is 2.71. The summed E-state index contributed by atoms with van der Waals surface area (Å²) in [7, 11) is 1.87. The summed E-state index contributed by atoms with van der Waals surface area (Å²) in [5.41, 5.74) is 6.26. The molecule has 17 heavy (non-hydrogen) atoms. The standard InChI is InChI=1S/C9H12N4O2.C2H6/c1-13-3-2-6-7(13)11-9(10)12-8(6)15-5-4-14;1-2/h2-3,14H,4-5H2,1H3,(H2,10,11,12);1-2H3. The minimum absolute atomic E-state index is 0.0573. The van der Waals surface area contributed by atoms with Crippen LogP contribution in [-0.4, -0.2) is 32.9 Å². The van der Waals surface area contributed by atoms with Crippen molar-refractivity contribution in [1.29, 1.82) is 0 Å². The first-order valence-corrected chi connectivity index (χ1v) is 5.54. The lowest BCUT2D eigenvalue weighted by Gasteiger charge is -2.05. The van der Waals surface area contributed by atoms with Crippen molar-refractivity contribution in [1.82, 2.24) is 14.5 Å². The zero-order valence-corrected chi connectivity index (χ0v) is 10.3. The topological polar surface area (TPSA) is 86.2 Å². The zero-order valence-electron chi connectivity index (χ0n) is 10.3. The Balaban J connectivity index is 0.000000686. The predicted octanol–water partition coefficient (Wildman–Crippen LogP) is 0.948. The van der Waals surface area contributed by atoms with Gasteiger partial charge in [0, 0.05) is 13.2 Å². The lowest BCUT2D eigenvalue weighted by Crippen LogP contribution is -2.06. The molecule has 0 atom stereocenters. The van der Waals surface area contributed by atoms with E-state index in [1.54, 1.807) is 0 Å². The monoisotopic (exact) mass is 238 g/mol. The normalized spacial score (nSPS) is 9.88. The average molecular weight is 238 g/mol. The van der Waals surface area contributed by atoms with Crippen molar-refractivity contribution in [3.63, 3.8) is 0 Å². The molecule has 2 heterocycles. The van der Waals surface area contributed by atoms with Gasteiger partial charge in [0.25, 0.3) is 0 Å². The van der Waals surface area contributed by atoms with E-state index >= 15 is 0 Å². The molecule has 0 spiro atoms. The summed E-state index contributed by atoms with van der Waals surface area (Å²) in [5, 5.41) is 9.46. The van der Waals surface area contributed by atoms with E-state index in [0.29, 0.717) is 5.88 Å². The van der Waals surface area contributed by atoms with E-state index in [1.807, 2.05) is 37.7 Å². The number of hydrogen-bond acceptors (Lipinski definition) is 5. The maximum atomic E-state index is 8.67. The highest BCUT2D eigenvalue weighted by atomic mass is 16.5. The first kappa shape index (κ1) is 13.2. The second-order valence-electron chi connectivity index (χ2n) is 3.12. The molecule has 94 valence electrons. The number of rotatable bonds is 3. The Morgan fingerprint density at radius 2 is 2.12 bits per heavy atom. The van der Waals surface area contributed by atoms with Crippen molar-refractivity contribution >= 4 is 17.0 Å². The summed E-state index contributed by atoms with van der Waals surface area (Å²) in [4.78, 5) is 8.06. The van der Waals surface area contributed by atoms with Gasteiger partial charge in [-0.05, 0) is 6.07 Å². The SMILES string of the molecule is CC.Cn1ccc2c(OCCO)nc(N)nc21. The number of aliphatic hydroxyl groups is 1. The smallest absolute Gasteiger partial charge is 0.228 e. The van der Waals surface area contributed by atoms with Gasteiger partial charge < -0.3 is 20.1 Å². The van der Waals surface area contributed by atoms with E-state index in [0.717, 1.165) is 11.0 Å². The van der Waals surface area contributed by atoms with Crippen LogP contribution >= 0.6 is 0 Å². The minimum Gasteiger partial charge on any atom is -0.475 e. The number of fused-ring (bicyclic) bond motifs is 1. The number of nitrogen functional groups attached to an aromatic ring is 1. The summed E-state index contributed by atoms with van der Waals surface area (Å²) in [6.07, 6.45) is 1.85. The fraction of sp³-hybridized carbons (Fsp3) is 0.455. The number of hydrogen-bond donors (Lipinski definition) is 2. The second kappa shape index (κ2) is 6.05. The maximum absolute atomic E-state index is 8.67. The number of aromatic nitrogens is 3. The van der Waals surface area contributed by atoms with Gasteiger partial charge in [-0.15, -0.1) is 0 Å². The van der Waals surface area contributed by atoms with Crippen LogP contribution in [0.3, 0.4) is 0 Å². The molecule has 2 rings (SSSR count). The van der Waals surface area contributed by atoms with Crippen molar-refractivity contribution in [3.05, 3.63) is 12.3 Å². The minimum atomic E-state index is -0.0573. The van der Waals surface area contributed by atoms with E-state index < -0.39 is 0 Å². The second-order valence-corrected chi connectivity index (χ2v) is 3.12. The largest absolute Gasteiger partial charge is 0.475 e. The van der Waals surface area contributed by atoms with Crippen LogP contribution in [0.15, 0.2) is 12.3 Å². The van der Waals surface area contributed by atoms with Gasteiger partial charge in [-0.1, -0.05) is 13.8 Å². The molecule has 6 nitrogen and oxygen atoms in total. The highest BCUT2D eigenvalue weighted by Crippen LogP contribution is 2.23. The number of anilines is 1. The van der Waals surface area contributed by atoms with Gasteiger partial charge in [0.15, 0.2) is 0 Å². The van der Waals surface area contributed by atoms with E-state index in [4.69, 9.17) is 15.6 Å². The Morgan fingerprint density at radius 3 is 2.76 bits per heavy atom. The maximum Gasteiger partial charge on any atom is 0.228 e. The molecular weight excluding hydrogens is 220 g/mol. The van der Waals surface area contributed by atoms with Crippen LogP contribution in [0.2, 0.25) is 0 Å². The molecule has 3 N–H and O–H groups in total. The molecule has 2 aromatic heterocycles. The van der Waals surface area contributed by atoms with E-state index in [1.165, 1.54) is 0 Å². The number of nitrogens with two attached hydrogens (primary N) is 1. The van der Waals surface area contributed by atoms with Gasteiger partial charge in [0.1, 0.15) is 12.3 Å². The molecule has 0 amide bonds. The van der Waals surface area contributed by atoms with E-state index in [-0.39, 0.29) is 19.2 Å². The van der Waals surface area contributed by atoms with Crippen molar-refractivity contribution in [2.24, 2.45) is 7.05 Å². The molecule has 0 fully saturated rings. The first-order valence-electron chi connectivity index (χ1n) is 5.54. The highest BCUT2D eigenvalue weighted by molar-refractivity contribution is 5.82. The molecule has 2 aromatic rings. The molecule has 6 heteroatoms. The van der Waals surface area contributed by atoms with Crippen molar-refractivity contribution < 1.29 is 9.84 Å². The third-order valence-corrected chi connectivity index (χ3v) is 2.04. The summed E-state index contributed by atoms with van der Waals surface area (Å²) < 4.78 is 7.10. The van der Waals surface area contributed by atoms with Gasteiger partial charge >= 0.3 is 0 Å². The van der Waals surface area contributed by atoms with Gasteiger partial charge in [0.05, 0.1) is 12.0 Å². The Bertz CT molecular complexity index is 482. The van der Waals surface area contributed by atoms with Crippen LogP contribution < -0.4 is 10.5 Å². The fourth-order valence-electron chi connectivity index (χ4n) is 1.38. The molecule has 0 bridgehead atoms. The molecule has 0 aromatic carbocycles. The summed E-state index contributed by atoms with van der Waals surface area (Å²) in [6, 6.07) is 1.85. The molecule has 0 saturated heterocycles. The molecule has 0 radical (unpaired) electrons. The fourth-order valence-corrected chi connectivity index (χ4v) is 1.38. The van der Waals surface area contributed by atoms with Crippen LogP contribution in [0, 0.1) is 0 Å². The molecule has 0 unspecified atom stereocenters. The third-order valence-electron chi connectivity index (χ3n) is 2.04. The number of aryl methyl sites for hydroxylation is 1. The Kier molecular flexibility index (Phi) is 4.71. The zero-order chi connectivity index (χ0) is 12.8. The number of nitrogens with zero attached hydrogens (tertiary/aromatic N) is 3. The molecule has 0 aliphatic rings. The highest BCUT2D eigenvalue weighted by Gasteiger charge is 2.09. The van der Waals surface area contributed by atoms with Crippen LogP contribution in [0.5, 0.6) is 5.88 Å². The van der Waals surface area contributed by atoms with Crippen molar-refractivity contribution in [2.75, 3.05) is 18.9 Å². The van der Waals surface area contributed by atoms with Crippen LogP contribution in [-0.2, 0) is 7.05 Å². The number of aliphatic hydroxyl groups excluding tert-OH is 1. The lowest BCUT2D eigenvalue weighted by molar-refractivity contribution is 0.198. The summed E-state index contributed by atoms with van der Waals surface area (Å²) >= 11 is 0. The summed E-state index contributed by atoms with van der Waals surface area (Å²) in [5.74, 6) is 0.574. The van der Waals surface area contributed by atoms with Crippen molar-refractivity contribution in [2.45, 2.75) is 13.8 Å². The van der Waals surface area contributed by atoms with Gasteiger partial charge in [-0.2, -0.15) is 9.97 Å². The van der Waals surface area contributed by atoms with Gasteiger partial charge in [0.2, 0.25) is 11.8 Å². The first-order chi connectivity index (χ1) is 8.22. The third kappa shape index (κ3) is 2.85. The molecule has 0 aliphatic heterocycles. The Morgan fingerprint density at radius 1 is 1.41 bits per heavy atom.